The molecule has 0 bridgehead atoms. The van der Waals surface area contributed by atoms with Gasteiger partial charge in [-0.1, -0.05) is 24.3 Å². The highest BCUT2D eigenvalue weighted by molar-refractivity contribution is 5.74. The SMILES string of the molecule is Cc1ccccc1-c1nc(C=O)[nH]c1C. The van der Waals surface area contributed by atoms with Crippen molar-refractivity contribution in [2.75, 3.05) is 0 Å². The summed E-state index contributed by atoms with van der Waals surface area (Å²) in [7, 11) is 0. The standard InChI is InChI=1S/C12H12N2O/c1-8-5-3-4-6-10(8)12-9(2)13-11(7-15)14-12/h3-7H,1-2H3,(H,13,14). The zero-order chi connectivity index (χ0) is 10.8. The van der Waals surface area contributed by atoms with E-state index in [0.29, 0.717) is 5.82 Å². The average Bonchev–Trinajstić information content (AvgIpc) is 2.60. The average molecular weight is 200 g/mol. The number of nitrogens with zero attached hydrogens (tertiary/aromatic N) is 1. The van der Waals surface area contributed by atoms with Crippen molar-refractivity contribution >= 4 is 6.29 Å². The van der Waals surface area contributed by atoms with Crippen LogP contribution in [-0.4, -0.2) is 16.3 Å². The van der Waals surface area contributed by atoms with Crippen molar-refractivity contribution < 1.29 is 4.79 Å². The first-order chi connectivity index (χ1) is 7.22. The number of aldehydes is 1. The Hall–Kier alpha value is -1.90. The van der Waals surface area contributed by atoms with Crippen molar-refractivity contribution in [1.29, 1.82) is 0 Å². The van der Waals surface area contributed by atoms with Gasteiger partial charge in [0, 0.05) is 11.3 Å². The number of hydrogen-bond donors (Lipinski definition) is 1. The number of benzene rings is 1. The van der Waals surface area contributed by atoms with Crippen LogP contribution in [0, 0.1) is 13.8 Å². The van der Waals surface area contributed by atoms with Crippen molar-refractivity contribution in [2.24, 2.45) is 0 Å². The molecule has 1 N–H and O–H groups in total. The van der Waals surface area contributed by atoms with Gasteiger partial charge in [0.2, 0.25) is 0 Å². The summed E-state index contributed by atoms with van der Waals surface area (Å²) in [5.41, 5.74) is 4.01. The molecule has 15 heavy (non-hydrogen) atoms. The molecular formula is C12H12N2O. The van der Waals surface area contributed by atoms with Crippen molar-refractivity contribution in [2.45, 2.75) is 13.8 Å². The molecule has 0 aliphatic carbocycles. The molecule has 1 aromatic heterocycles. The molecule has 0 saturated heterocycles. The number of nitrogens with one attached hydrogen (secondary N) is 1. The molecule has 2 rings (SSSR count). The lowest BCUT2D eigenvalue weighted by molar-refractivity contribution is 0.111. The van der Waals surface area contributed by atoms with Crippen LogP contribution in [0.25, 0.3) is 11.3 Å². The molecule has 1 aromatic carbocycles. The maximum atomic E-state index is 10.6. The Morgan fingerprint density at radius 1 is 1.27 bits per heavy atom. The van der Waals surface area contributed by atoms with E-state index < -0.39 is 0 Å². The van der Waals surface area contributed by atoms with Gasteiger partial charge in [-0.2, -0.15) is 0 Å². The molecule has 0 atom stereocenters. The third kappa shape index (κ3) is 1.68. The smallest absolute Gasteiger partial charge is 0.185 e. The number of carbonyl (C=O) groups is 1. The van der Waals surface area contributed by atoms with Crippen LogP contribution in [0.5, 0.6) is 0 Å². The third-order valence-electron chi connectivity index (χ3n) is 2.41. The van der Waals surface area contributed by atoms with Gasteiger partial charge in [0.25, 0.3) is 0 Å². The molecule has 2 aromatic rings. The van der Waals surface area contributed by atoms with Gasteiger partial charge in [0.15, 0.2) is 12.1 Å². The topological polar surface area (TPSA) is 45.8 Å². The first-order valence-electron chi connectivity index (χ1n) is 4.80. The summed E-state index contributed by atoms with van der Waals surface area (Å²) in [4.78, 5) is 17.8. The lowest BCUT2D eigenvalue weighted by Crippen LogP contribution is -1.85. The van der Waals surface area contributed by atoms with E-state index in [4.69, 9.17) is 0 Å². The number of H-pyrrole nitrogens is 1. The Bertz CT molecular complexity index is 500. The second-order valence-corrected chi connectivity index (χ2v) is 3.53. The van der Waals surface area contributed by atoms with Crippen LogP contribution in [0.1, 0.15) is 21.9 Å². The van der Waals surface area contributed by atoms with Gasteiger partial charge in [0.1, 0.15) is 0 Å². The first-order valence-corrected chi connectivity index (χ1v) is 4.80. The van der Waals surface area contributed by atoms with Gasteiger partial charge in [-0.15, -0.1) is 0 Å². The number of imidazole rings is 1. The van der Waals surface area contributed by atoms with E-state index in [1.54, 1.807) is 0 Å². The molecule has 1 heterocycles. The summed E-state index contributed by atoms with van der Waals surface area (Å²) in [5, 5.41) is 0. The molecule has 0 radical (unpaired) electrons. The largest absolute Gasteiger partial charge is 0.339 e. The zero-order valence-electron chi connectivity index (χ0n) is 8.74. The highest BCUT2D eigenvalue weighted by atomic mass is 16.1. The minimum Gasteiger partial charge on any atom is -0.339 e. The van der Waals surface area contributed by atoms with E-state index in [1.807, 2.05) is 38.1 Å². The first kappa shape index (κ1) is 9.65. The Morgan fingerprint density at radius 2 is 2.00 bits per heavy atom. The quantitative estimate of drug-likeness (QED) is 0.757. The lowest BCUT2D eigenvalue weighted by Gasteiger charge is -2.02. The summed E-state index contributed by atoms with van der Waals surface area (Å²) < 4.78 is 0. The third-order valence-corrected chi connectivity index (χ3v) is 2.41. The van der Waals surface area contributed by atoms with E-state index in [-0.39, 0.29) is 0 Å². The van der Waals surface area contributed by atoms with Crippen molar-refractivity contribution in [1.82, 2.24) is 9.97 Å². The van der Waals surface area contributed by atoms with Crippen LogP contribution in [0.15, 0.2) is 24.3 Å². The molecule has 3 heteroatoms. The van der Waals surface area contributed by atoms with Crippen molar-refractivity contribution in [3.63, 3.8) is 0 Å². The molecule has 0 amide bonds. The minimum atomic E-state index is 0.380. The summed E-state index contributed by atoms with van der Waals surface area (Å²) >= 11 is 0. The van der Waals surface area contributed by atoms with E-state index in [2.05, 4.69) is 9.97 Å². The molecule has 0 saturated carbocycles. The van der Waals surface area contributed by atoms with Gasteiger partial charge >= 0.3 is 0 Å². The summed E-state index contributed by atoms with van der Waals surface area (Å²) in [5.74, 6) is 0.380. The lowest BCUT2D eigenvalue weighted by atomic mass is 10.1. The van der Waals surface area contributed by atoms with E-state index in [9.17, 15) is 4.79 Å². The van der Waals surface area contributed by atoms with Crippen molar-refractivity contribution in [3.8, 4) is 11.3 Å². The number of aromatic amines is 1. The van der Waals surface area contributed by atoms with Crippen LogP contribution in [0.2, 0.25) is 0 Å². The Balaban J connectivity index is 2.58. The predicted octanol–water partition coefficient (Wildman–Crippen LogP) is 2.51. The highest BCUT2D eigenvalue weighted by Gasteiger charge is 2.09. The maximum Gasteiger partial charge on any atom is 0.185 e. The normalized spacial score (nSPS) is 10.3. The van der Waals surface area contributed by atoms with Crippen LogP contribution in [-0.2, 0) is 0 Å². The van der Waals surface area contributed by atoms with Gasteiger partial charge < -0.3 is 4.98 Å². The van der Waals surface area contributed by atoms with E-state index >= 15 is 0 Å². The number of aromatic nitrogens is 2. The van der Waals surface area contributed by atoms with Gasteiger partial charge in [-0.25, -0.2) is 4.98 Å². The summed E-state index contributed by atoms with van der Waals surface area (Å²) in [6.07, 6.45) is 0.731. The van der Waals surface area contributed by atoms with Gasteiger partial charge in [-0.05, 0) is 19.4 Å². The van der Waals surface area contributed by atoms with Gasteiger partial charge in [-0.3, -0.25) is 4.79 Å². The molecule has 0 unspecified atom stereocenters. The monoisotopic (exact) mass is 200 g/mol. The molecule has 0 aliphatic heterocycles. The van der Waals surface area contributed by atoms with Crippen LogP contribution in [0.3, 0.4) is 0 Å². The fourth-order valence-corrected chi connectivity index (χ4v) is 1.64. The Morgan fingerprint density at radius 3 is 2.60 bits per heavy atom. The van der Waals surface area contributed by atoms with E-state index in [1.165, 1.54) is 0 Å². The molecule has 3 nitrogen and oxygen atoms in total. The Kier molecular flexibility index (Phi) is 2.37. The number of carbonyl (C=O) groups excluding carboxylic acids is 1. The highest BCUT2D eigenvalue weighted by Crippen LogP contribution is 2.23. The minimum absolute atomic E-state index is 0.380. The van der Waals surface area contributed by atoms with Gasteiger partial charge in [0.05, 0.1) is 5.69 Å². The fraction of sp³-hybridized carbons (Fsp3) is 0.167. The van der Waals surface area contributed by atoms with E-state index in [0.717, 1.165) is 28.8 Å². The fourth-order valence-electron chi connectivity index (χ4n) is 1.64. The number of hydrogen-bond acceptors (Lipinski definition) is 2. The van der Waals surface area contributed by atoms with Crippen LogP contribution >= 0.6 is 0 Å². The van der Waals surface area contributed by atoms with Crippen LogP contribution < -0.4 is 0 Å². The van der Waals surface area contributed by atoms with Crippen LogP contribution in [0.4, 0.5) is 0 Å². The summed E-state index contributed by atoms with van der Waals surface area (Å²) in [6, 6.07) is 8.00. The summed E-state index contributed by atoms with van der Waals surface area (Å²) in [6.45, 7) is 3.95. The zero-order valence-corrected chi connectivity index (χ0v) is 8.74. The molecule has 0 spiro atoms. The van der Waals surface area contributed by atoms with Crippen molar-refractivity contribution in [3.05, 3.63) is 41.3 Å². The number of rotatable bonds is 2. The molecule has 0 aliphatic rings. The number of aryl methyl sites for hydroxylation is 2. The predicted molar refractivity (Wildman–Crippen MR) is 58.9 cm³/mol. The Labute approximate surface area is 88.2 Å². The second kappa shape index (κ2) is 3.69. The maximum absolute atomic E-state index is 10.6. The molecule has 0 fully saturated rings. The second-order valence-electron chi connectivity index (χ2n) is 3.53. The molecular weight excluding hydrogens is 188 g/mol. The molecule has 76 valence electrons.